The Labute approximate surface area is 153 Å². The zero-order valence-corrected chi connectivity index (χ0v) is 15.5. The maximum Gasteiger partial charge on any atom is 0.260 e. The first-order valence-electron chi connectivity index (χ1n) is 8.27. The number of aromatic nitrogens is 3. The number of nitrogens with one attached hydrogen (secondary N) is 1. The number of hydrogen-bond acceptors (Lipinski definition) is 4. The van der Waals surface area contributed by atoms with E-state index in [0.29, 0.717) is 17.8 Å². The quantitative estimate of drug-likeness (QED) is 0.541. The highest BCUT2D eigenvalue weighted by Crippen LogP contribution is 2.33. The number of fused-ring (bicyclic) bond motifs is 1. The van der Waals surface area contributed by atoms with Crippen LogP contribution in [0.25, 0.3) is 20.7 Å². The molecule has 6 heteroatoms. The van der Waals surface area contributed by atoms with E-state index in [0.717, 1.165) is 28.1 Å². The minimum atomic E-state index is -0.0622. The third-order valence-corrected chi connectivity index (χ3v) is 5.89. The summed E-state index contributed by atoms with van der Waals surface area (Å²) in [7, 11) is 0. The van der Waals surface area contributed by atoms with Crippen LogP contribution in [-0.2, 0) is 13.0 Å². The van der Waals surface area contributed by atoms with E-state index in [9.17, 15) is 4.79 Å². The molecule has 4 nitrogen and oxygen atoms in total. The van der Waals surface area contributed by atoms with Crippen LogP contribution in [0.4, 0.5) is 0 Å². The van der Waals surface area contributed by atoms with Gasteiger partial charge in [-0.2, -0.15) is 4.57 Å². The number of rotatable bonds is 5. The predicted molar refractivity (Wildman–Crippen MR) is 103 cm³/mol. The van der Waals surface area contributed by atoms with Crippen LogP contribution in [0.15, 0.2) is 52.2 Å². The lowest BCUT2D eigenvalue weighted by atomic mass is 10.1. The molecule has 0 unspecified atom stereocenters. The van der Waals surface area contributed by atoms with Crippen molar-refractivity contribution in [2.75, 3.05) is 0 Å². The van der Waals surface area contributed by atoms with E-state index in [4.69, 9.17) is 0 Å². The Kier molecular flexibility index (Phi) is 4.46. The smallest absolute Gasteiger partial charge is 0.260 e. The topological polar surface area (TPSA) is 49.6 Å². The van der Waals surface area contributed by atoms with E-state index in [1.54, 1.807) is 11.3 Å². The highest BCUT2D eigenvalue weighted by Gasteiger charge is 2.15. The van der Waals surface area contributed by atoms with Crippen molar-refractivity contribution in [3.63, 3.8) is 0 Å². The van der Waals surface area contributed by atoms with Gasteiger partial charge in [-0.05, 0) is 23.4 Å². The Morgan fingerprint density at radius 1 is 1.20 bits per heavy atom. The largest absolute Gasteiger partial charge is 0.305 e. The molecule has 0 aliphatic carbocycles. The normalized spacial score (nSPS) is 11.2. The number of pyridine rings is 1. The second kappa shape index (κ2) is 6.90. The highest BCUT2D eigenvalue weighted by atomic mass is 32.1. The molecule has 0 amide bonds. The van der Waals surface area contributed by atoms with Crippen LogP contribution in [0.3, 0.4) is 0 Å². The van der Waals surface area contributed by atoms with Gasteiger partial charge < -0.3 is 4.98 Å². The van der Waals surface area contributed by atoms with Gasteiger partial charge in [0.05, 0.1) is 5.39 Å². The summed E-state index contributed by atoms with van der Waals surface area (Å²) in [6.07, 6.45) is 6.31. The average molecular weight is 369 g/mol. The average Bonchev–Trinajstić information content (AvgIpc) is 3.26. The van der Waals surface area contributed by atoms with Gasteiger partial charge in [-0.1, -0.05) is 19.4 Å². The van der Waals surface area contributed by atoms with Crippen molar-refractivity contribution < 1.29 is 4.57 Å². The Morgan fingerprint density at radius 3 is 2.76 bits per heavy atom. The molecule has 1 N–H and O–H groups in total. The van der Waals surface area contributed by atoms with Crippen molar-refractivity contribution in [3.05, 3.63) is 69.2 Å². The van der Waals surface area contributed by atoms with Crippen LogP contribution in [-0.4, -0.2) is 9.97 Å². The van der Waals surface area contributed by atoms with Gasteiger partial charge in [0.15, 0.2) is 18.2 Å². The van der Waals surface area contributed by atoms with Gasteiger partial charge in [0.2, 0.25) is 6.54 Å². The maximum atomic E-state index is 12.6. The third-order valence-electron chi connectivity index (χ3n) is 4.11. The first-order valence-corrected chi connectivity index (χ1v) is 10.0. The first kappa shape index (κ1) is 16.2. The molecule has 0 radical (unpaired) electrons. The molecular weight excluding hydrogens is 350 g/mol. The molecule has 0 saturated heterocycles. The number of thiophene rings is 2. The summed E-state index contributed by atoms with van der Waals surface area (Å²) >= 11 is 3.16. The molecule has 0 aromatic carbocycles. The molecule has 0 fully saturated rings. The van der Waals surface area contributed by atoms with Crippen molar-refractivity contribution >= 4 is 32.9 Å². The highest BCUT2D eigenvalue weighted by molar-refractivity contribution is 7.18. The first-order chi connectivity index (χ1) is 12.2. The second-order valence-corrected chi connectivity index (χ2v) is 7.75. The van der Waals surface area contributed by atoms with E-state index >= 15 is 0 Å². The van der Waals surface area contributed by atoms with Crippen LogP contribution in [0, 0.1) is 0 Å². The fraction of sp³-hybridized carbons (Fsp3) is 0.211. The third kappa shape index (κ3) is 3.27. The summed E-state index contributed by atoms with van der Waals surface area (Å²) in [6.45, 7) is 2.74. The van der Waals surface area contributed by atoms with E-state index in [-0.39, 0.29) is 5.56 Å². The minimum absolute atomic E-state index is 0.0622. The Bertz CT molecular complexity index is 1050. The van der Waals surface area contributed by atoms with E-state index < -0.39 is 0 Å². The number of aromatic amines is 1. The van der Waals surface area contributed by atoms with Crippen LogP contribution >= 0.6 is 22.7 Å². The van der Waals surface area contributed by atoms with Crippen LogP contribution in [0.2, 0.25) is 0 Å². The molecular formula is C19H18N3OS2+. The molecule has 0 atom stereocenters. The molecule has 0 aliphatic rings. The van der Waals surface area contributed by atoms with Gasteiger partial charge in [-0.3, -0.25) is 4.79 Å². The molecule has 25 heavy (non-hydrogen) atoms. The van der Waals surface area contributed by atoms with Crippen LogP contribution in [0.1, 0.15) is 24.7 Å². The van der Waals surface area contributed by atoms with E-state index in [1.165, 1.54) is 16.9 Å². The molecule has 4 aromatic rings. The molecule has 4 heterocycles. The molecule has 0 bridgehead atoms. The van der Waals surface area contributed by atoms with Crippen LogP contribution in [0.5, 0.6) is 0 Å². The van der Waals surface area contributed by atoms with Crippen molar-refractivity contribution in [2.24, 2.45) is 0 Å². The summed E-state index contributed by atoms with van der Waals surface area (Å²) in [6, 6.07) is 8.28. The summed E-state index contributed by atoms with van der Waals surface area (Å²) in [5, 5.41) is 4.74. The van der Waals surface area contributed by atoms with Gasteiger partial charge in [-0.25, -0.2) is 4.98 Å². The Morgan fingerprint density at radius 2 is 2.04 bits per heavy atom. The maximum absolute atomic E-state index is 12.6. The fourth-order valence-corrected chi connectivity index (χ4v) is 4.68. The molecule has 0 saturated carbocycles. The zero-order chi connectivity index (χ0) is 17.2. The summed E-state index contributed by atoms with van der Waals surface area (Å²) in [5.74, 6) is 0.685. The Balaban J connectivity index is 1.66. The van der Waals surface area contributed by atoms with Crippen LogP contribution < -0.4 is 10.1 Å². The van der Waals surface area contributed by atoms with Gasteiger partial charge in [-0.15, -0.1) is 22.7 Å². The zero-order valence-electron chi connectivity index (χ0n) is 13.9. The molecule has 4 aromatic heterocycles. The van der Waals surface area contributed by atoms with Gasteiger partial charge in [0.25, 0.3) is 5.56 Å². The standard InChI is InChI=1S/C19H17N3OS2/c1-2-4-13-6-8-22(9-7-13)11-16-20-18(23)17-14(12-25-19(17)21-16)15-5-3-10-24-15/h3,5-10,12H,2,4,11H2,1H3/p+1. The minimum Gasteiger partial charge on any atom is -0.305 e. The van der Waals surface area contributed by atoms with Crippen molar-refractivity contribution in [2.45, 2.75) is 26.3 Å². The number of H-pyrrole nitrogens is 1. The number of hydrogen-bond donors (Lipinski definition) is 1. The molecule has 0 aliphatic heterocycles. The van der Waals surface area contributed by atoms with Crippen molar-refractivity contribution in [1.29, 1.82) is 0 Å². The molecule has 0 spiro atoms. The summed E-state index contributed by atoms with van der Waals surface area (Å²) in [4.78, 5) is 22.1. The molecule has 4 rings (SSSR count). The molecule has 126 valence electrons. The van der Waals surface area contributed by atoms with Gasteiger partial charge in [0, 0.05) is 28.0 Å². The summed E-state index contributed by atoms with van der Waals surface area (Å²) in [5.41, 5.74) is 2.24. The van der Waals surface area contributed by atoms with Gasteiger partial charge in [0.1, 0.15) is 4.83 Å². The lowest BCUT2D eigenvalue weighted by molar-refractivity contribution is -0.689. The predicted octanol–water partition coefficient (Wildman–Crippen LogP) is 4.00. The van der Waals surface area contributed by atoms with Crippen molar-refractivity contribution in [3.8, 4) is 10.4 Å². The van der Waals surface area contributed by atoms with Crippen molar-refractivity contribution in [1.82, 2.24) is 9.97 Å². The lowest BCUT2D eigenvalue weighted by Crippen LogP contribution is -2.35. The van der Waals surface area contributed by atoms with Gasteiger partial charge >= 0.3 is 0 Å². The van der Waals surface area contributed by atoms with E-state index in [2.05, 4.69) is 29.0 Å². The fourth-order valence-electron chi connectivity index (χ4n) is 2.90. The Hall–Kier alpha value is -2.31. The second-order valence-electron chi connectivity index (χ2n) is 5.95. The monoisotopic (exact) mass is 368 g/mol. The van der Waals surface area contributed by atoms with E-state index in [1.807, 2.05) is 39.9 Å². The number of nitrogens with zero attached hydrogens (tertiary/aromatic N) is 2. The summed E-state index contributed by atoms with van der Waals surface area (Å²) < 4.78 is 2.04. The lowest BCUT2D eigenvalue weighted by Gasteiger charge is -2.00. The number of aryl methyl sites for hydroxylation is 1. The SMILES string of the molecule is CCCc1cc[n+](Cc2nc3scc(-c4cccs4)c3c(=O)[nH]2)cc1.